The van der Waals surface area contributed by atoms with Crippen molar-refractivity contribution in [2.45, 2.75) is 13.3 Å². The Bertz CT molecular complexity index is 475. The summed E-state index contributed by atoms with van der Waals surface area (Å²) < 4.78 is 0. The van der Waals surface area contributed by atoms with Crippen molar-refractivity contribution in [3.05, 3.63) is 17.5 Å². The van der Waals surface area contributed by atoms with Gasteiger partial charge in [0, 0.05) is 25.3 Å². The highest BCUT2D eigenvalue weighted by atomic mass is 16.1. The minimum Gasteiger partial charge on any atom is -0.353 e. The first kappa shape index (κ1) is 18.3. The maximum absolute atomic E-state index is 12.1. The van der Waals surface area contributed by atoms with E-state index >= 15 is 0 Å². The van der Waals surface area contributed by atoms with Crippen molar-refractivity contribution in [1.82, 2.24) is 25.1 Å². The van der Waals surface area contributed by atoms with Gasteiger partial charge >= 0.3 is 0 Å². The number of anilines is 1. The van der Waals surface area contributed by atoms with Crippen LogP contribution in [0.5, 0.6) is 0 Å². The smallest absolute Gasteiger partial charge is 0.270 e. The normalized spacial score (nSPS) is 11.0. The molecule has 22 heavy (non-hydrogen) atoms. The molecule has 124 valence electrons. The molecule has 1 amide bonds. The summed E-state index contributed by atoms with van der Waals surface area (Å²) in [6, 6.07) is 1.71. The molecule has 0 atom stereocenters. The average molecular weight is 308 g/mol. The second-order valence-electron chi connectivity index (χ2n) is 5.86. The molecule has 1 aromatic rings. The van der Waals surface area contributed by atoms with E-state index in [1.165, 1.54) is 0 Å². The van der Waals surface area contributed by atoms with Gasteiger partial charge in [0.2, 0.25) is 5.95 Å². The van der Waals surface area contributed by atoms with E-state index in [0.717, 1.165) is 31.7 Å². The maximum Gasteiger partial charge on any atom is 0.270 e. The fraction of sp³-hybridized carbons (Fsp3) is 0.667. The third-order valence-electron chi connectivity index (χ3n) is 3.00. The molecule has 0 aromatic carbocycles. The van der Waals surface area contributed by atoms with Crippen LogP contribution < -0.4 is 10.6 Å². The number of rotatable bonds is 9. The first-order valence-corrected chi connectivity index (χ1v) is 7.55. The molecule has 2 N–H and O–H groups in total. The number of hydrogen-bond donors (Lipinski definition) is 2. The number of aryl methyl sites for hydroxylation is 1. The van der Waals surface area contributed by atoms with Gasteiger partial charge in [-0.25, -0.2) is 9.97 Å². The molecular weight excluding hydrogens is 280 g/mol. The van der Waals surface area contributed by atoms with E-state index in [0.29, 0.717) is 18.2 Å². The van der Waals surface area contributed by atoms with Crippen LogP contribution in [0.2, 0.25) is 0 Å². The van der Waals surface area contributed by atoms with Crippen molar-refractivity contribution in [3.63, 3.8) is 0 Å². The van der Waals surface area contributed by atoms with Gasteiger partial charge in [-0.3, -0.25) is 4.79 Å². The molecule has 0 fully saturated rings. The SMILES string of the molecule is Cc1cc(C(=O)NCCCN(C)C)nc(NCCN(C)C)n1. The third-order valence-corrected chi connectivity index (χ3v) is 3.00. The van der Waals surface area contributed by atoms with Crippen molar-refractivity contribution < 1.29 is 4.79 Å². The molecule has 0 aliphatic rings. The number of carbonyl (C=O) groups is 1. The van der Waals surface area contributed by atoms with Gasteiger partial charge in [-0.15, -0.1) is 0 Å². The van der Waals surface area contributed by atoms with Crippen LogP contribution in [-0.4, -0.2) is 80.0 Å². The van der Waals surface area contributed by atoms with Crippen LogP contribution in [0.1, 0.15) is 22.6 Å². The largest absolute Gasteiger partial charge is 0.353 e. The molecule has 0 spiro atoms. The number of likely N-dealkylation sites (N-methyl/N-ethyl adjacent to an activating group) is 1. The zero-order valence-corrected chi connectivity index (χ0v) is 14.3. The summed E-state index contributed by atoms with van der Waals surface area (Å²) in [6.07, 6.45) is 0.913. The Kier molecular flexibility index (Phi) is 7.76. The second kappa shape index (κ2) is 9.32. The zero-order valence-electron chi connectivity index (χ0n) is 14.3. The lowest BCUT2D eigenvalue weighted by atomic mass is 10.3. The summed E-state index contributed by atoms with van der Waals surface area (Å²) >= 11 is 0. The van der Waals surface area contributed by atoms with Crippen LogP contribution in [0.25, 0.3) is 0 Å². The molecule has 1 heterocycles. The predicted octanol–water partition coefficient (Wildman–Crippen LogP) is 0.440. The third kappa shape index (κ3) is 7.33. The maximum atomic E-state index is 12.1. The fourth-order valence-electron chi connectivity index (χ4n) is 1.84. The standard InChI is InChI=1S/C15H28N6O/c1-12-11-13(14(22)16-7-6-9-20(2)3)19-15(18-12)17-8-10-21(4)5/h11H,6-10H2,1-5H3,(H,16,22)(H,17,18,19). The number of amides is 1. The molecule has 1 aromatic heterocycles. The Hall–Kier alpha value is -1.73. The minimum atomic E-state index is -0.153. The molecule has 0 unspecified atom stereocenters. The van der Waals surface area contributed by atoms with E-state index in [1.54, 1.807) is 6.07 Å². The van der Waals surface area contributed by atoms with Crippen LogP contribution >= 0.6 is 0 Å². The van der Waals surface area contributed by atoms with Crippen LogP contribution in [0.4, 0.5) is 5.95 Å². The van der Waals surface area contributed by atoms with Gasteiger partial charge in [-0.2, -0.15) is 0 Å². The fourth-order valence-corrected chi connectivity index (χ4v) is 1.84. The van der Waals surface area contributed by atoms with Crippen molar-refractivity contribution in [3.8, 4) is 0 Å². The monoisotopic (exact) mass is 308 g/mol. The predicted molar refractivity (Wildman–Crippen MR) is 89.3 cm³/mol. The summed E-state index contributed by atoms with van der Waals surface area (Å²) in [5.41, 5.74) is 1.19. The Morgan fingerprint density at radius 1 is 1.09 bits per heavy atom. The first-order valence-electron chi connectivity index (χ1n) is 7.55. The van der Waals surface area contributed by atoms with Crippen LogP contribution in [0.15, 0.2) is 6.07 Å². The van der Waals surface area contributed by atoms with Crippen LogP contribution in [0, 0.1) is 6.92 Å². The van der Waals surface area contributed by atoms with Crippen molar-refractivity contribution in [1.29, 1.82) is 0 Å². The van der Waals surface area contributed by atoms with Gasteiger partial charge in [-0.1, -0.05) is 0 Å². The molecule has 0 aliphatic carbocycles. The number of nitrogens with zero attached hydrogens (tertiary/aromatic N) is 4. The zero-order chi connectivity index (χ0) is 16.5. The van der Waals surface area contributed by atoms with Crippen molar-refractivity contribution in [2.24, 2.45) is 0 Å². The van der Waals surface area contributed by atoms with Gasteiger partial charge in [-0.05, 0) is 54.1 Å². The second-order valence-corrected chi connectivity index (χ2v) is 5.86. The summed E-state index contributed by atoms with van der Waals surface area (Å²) in [7, 11) is 8.04. The lowest BCUT2D eigenvalue weighted by Gasteiger charge is -2.12. The minimum absolute atomic E-state index is 0.153. The van der Waals surface area contributed by atoms with E-state index in [9.17, 15) is 4.79 Å². The summed E-state index contributed by atoms with van der Waals surface area (Å²) in [5, 5.41) is 6.03. The van der Waals surface area contributed by atoms with Gasteiger partial charge in [0.25, 0.3) is 5.91 Å². The number of aromatic nitrogens is 2. The van der Waals surface area contributed by atoms with Gasteiger partial charge < -0.3 is 20.4 Å². The van der Waals surface area contributed by atoms with E-state index < -0.39 is 0 Å². The molecule has 0 aliphatic heterocycles. The quantitative estimate of drug-likeness (QED) is 0.645. The molecular formula is C15H28N6O. The van der Waals surface area contributed by atoms with E-state index in [2.05, 4.69) is 30.4 Å². The lowest BCUT2D eigenvalue weighted by Crippen LogP contribution is -2.28. The van der Waals surface area contributed by atoms with E-state index in [-0.39, 0.29) is 5.91 Å². The summed E-state index contributed by atoms with van der Waals surface area (Å²) in [6.45, 7) is 5.06. The average Bonchev–Trinajstić information content (AvgIpc) is 2.42. The Labute approximate surface area is 133 Å². The molecule has 7 nitrogen and oxygen atoms in total. The Balaban J connectivity index is 2.54. The summed E-state index contributed by atoms with van der Waals surface area (Å²) in [5.74, 6) is 0.347. The lowest BCUT2D eigenvalue weighted by molar-refractivity contribution is 0.0947. The van der Waals surface area contributed by atoms with E-state index in [1.807, 2.05) is 35.1 Å². The number of carbonyl (C=O) groups excluding carboxylic acids is 1. The first-order chi connectivity index (χ1) is 10.4. The number of nitrogens with one attached hydrogen (secondary N) is 2. The highest BCUT2D eigenvalue weighted by molar-refractivity contribution is 5.92. The van der Waals surface area contributed by atoms with Gasteiger partial charge in [0.15, 0.2) is 0 Å². The highest BCUT2D eigenvalue weighted by Crippen LogP contribution is 2.05. The molecule has 0 bridgehead atoms. The molecule has 0 radical (unpaired) electrons. The molecule has 0 saturated carbocycles. The molecule has 1 rings (SSSR count). The van der Waals surface area contributed by atoms with Crippen molar-refractivity contribution in [2.75, 3.05) is 59.7 Å². The topological polar surface area (TPSA) is 73.4 Å². The van der Waals surface area contributed by atoms with Crippen molar-refractivity contribution >= 4 is 11.9 Å². The van der Waals surface area contributed by atoms with Crippen LogP contribution in [-0.2, 0) is 0 Å². The van der Waals surface area contributed by atoms with Gasteiger partial charge in [0.1, 0.15) is 5.69 Å². The Morgan fingerprint density at radius 2 is 1.77 bits per heavy atom. The Morgan fingerprint density at radius 3 is 2.41 bits per heavy atom. The highest BCUT2D eigenvalue weighted by Gasteiger charge is 2.10. The molecule has 7 heteroatoms. The molecule has 0 saturated heterocycles. The van der Waals surface area contributed by atoms with E-state index in [4.69, 9.17) is 0 Å². The summed E-state index contributed by atoms with van der Waals surface area (Å²) in [4.78, 5) is 24.9. The number of hydrogen-bond acceptors (Lipinski definition) is 6. The van der Waals surface area contributed by atoms with Crippen LogP contribution in [0.3, 0.4) is 0 Å². The van der Waals surface area contributed by atoms with Gasteiger partial charge in [0.05, 0.1) is 0 Å².